The molecule has 24 heavy (non-hydrogen) atoms. The average molecular weight is 327 g/mol. The number of methoxy groups -OCH3 is 1. The molecule has 0 saturated heterocycles. The molecule has 2 aromatic rings. The summed E-state index contributed by atoms with van der Waals surface area (Å²) < 4.78 is 5.26. The average Bonchev–Trinajstić information content (AvgIpc) is 2.57. The molecular weight excluding hydrogens is 306 g/mol. The predicted molar refractivity (Wildman–Crippen MR) is 90.6 cm³/mol. The highest BCUT2D eigenvalue weighted by Gasteiger charge is 2.28. The van der Waals surface area contributed by atoms with Crippen LogP contribution in [-0.2, 0) is 14.3 Å². The molecule has 0 aliphatic rings. The lowest BCUT2D eigenvalue weighted by atomic mass is 9.97. The molecule has 1 unspecified atom stereocenters. The van der Waals surface area contributed by atoms with Gasteiger partial charge in [0.2, 0.25) is 0 Å². The molecule has 2 rings (SSSR count). The minimum atomic E-state index is -1.13. The van der Waals surface area contributed by atoms with Crippen LogP contribution in [0.15, 0.2) is 48.5 Å². The van der Waals surface area contributed by atoms with Crippen molar-refractivity contribution in [1.29, 1.82) is 0 Å². The quantitative estimate of drug-likeness (QED) is 0.855. The van der Waals surface area contributed by atoms with Crippen molar-refractivity contribution in [3.63, 3.8) is 0 Å². The summed E-state index contributed by atoms with van der Waals surface area (Å²) in [6, 6.07) is 13.2. The fourth-order valence-electron chi connectivity index (χ4n) is 2.60. The van der Waals surface area contributed by atoms with Gasteiger partial charge in [-0.05, 0) is 36.1 Å². The Hall–Kier alpha value is -2.66. The van der Waals surface area contributed by atoms with Gasteiger partial charge >= 0.3 is 5.97 Å². The molecule has 0 fully saturated rings. The van der Waals surface area contributed by atoms with Crippen molar-refractivity contribution in [3.8, 4) is 0 Å². The maximum atomic E-state index is 12.6. The summed E-state index contributed by atoms with van der Waals surface area (Å²) in [5.41, 5.74) is 3.06. The van der Waals surface area contributed by atoms with Crippen LogP contribution < -0.4 is 5.32 Å². The minimum absolute atomic E-state index is 0.489. The van der Waals surface area contributed by atoms with Crippen molar-refractivity contribution < 1.29 is 19.4 Å². The standard InChI is InChI=1S/C19H21NO4/c1-12-8-7-11-15(13(12)2)16(19(22)23)20-18(21)17(24-3)14-9-5-4-6-10-14/h4-11,16-17H,1-3H3,(H,20,21)(H,22,23)/t16?,17-/m1/s1. The number of carboxylic acid groups (broad SMARTS) is 1. The van der Waals surface area contributed by atoms with E-state index in [1.807, 2.05) is 26.0 Å². The van der Waals surface area contributed by atoms with E-state index in [-0.39, 0.29) is 0 Å². The number of aliphatic carboxylic acids is 1. The molecule has 0 aliphatic carbocycles. The lowest BCUT2D eigenvalue weighted by molar-refractivity contribution is -0.144. The number of aryl methyl sites for hydroxylation is 1. The number of ether oxygens (including phenoxy) is 1. The fraction of sp³-hybridized carbons (Fsp3) is 0.263. The number of carbonyl (C=O) groups is 2. The first-order valence-electron chi connectivity index (χ1n) is 7.62. The van der Waals surface area contributed by atoms with Crippen LogP contribution in [0.2, 0.25) is 0 Å². The molecule has 0 heterocycles. The Morgan fingerprint density at radius 1 is 1.04 bits per heavy atom. The van der Waals surface area contributed by atoms with Crippen LogP contribution in [0.3, 0.4) is 0 Å². The topological polar surface area (TPSA) is 75.6 Å². The maximum absolute atomic E-state index is 12.6. The van der Waals surface area contributed by atoms with Crippen LogP contribution in [0, 0.1) is 13.8 Å². The van der Waals surface area contributed by atoms with Gasteiger partial charge < -0.3 is 15.2 Å². The summed E-state index contributed by atoms with van der Waals surface area (Å²) in [5, 5.41) is 12.1. The van der Waals surface area contributed by atoms with E-state index in [1.54, 1.807) is 36.4 Å². The van der Waals surface area contributed by atoms with Crippen molar-refractivity contribution in [2.45, 2.75) is 26.0 Å². The number of amides is 1. The van der Waals surface area contributed by atoms with Gasteiger partial charge in [-0.1, -0.05) is 48.5 Å². The predicted octanol–water partition coefficient (Wildman–Crippen LogP) is 2.93. The third kappa shape index (κ3) is 3.81. The van der Waals surface area contributed by atoms with E-state index in [0.717, 1.165) is 11.1 Å². The second-order valence-corrected chi connectivity index (χ2v) is 5.60. The molecule has 0 aliphatic heterocycles. The second kappa shape index (κ2) is 7.75. The summed E-state index contributed by atoms with van der Waals surface area (Å²) in [4.78, 5) is 24.3. The summed E-state index contributed by atoms with van der Waals surface area (Å²) in [6.45, 7) is 3.75. The molecule has 0 spiro atoms. The van der Waals surface area contributed by atoms with Gasteiger partial charge in [-0.25, -0.2) is 4.79 Å². The molecule has 2 atom stereocenters. The number of rotatable bonds is 6. The summed E-state index contributed by atoms with van der Waals surface area (Å²) in [7, 11) is 1.42. The highest BCUT2D eigenvalue weighted by molar-refractivity contribution is 5.88. The Bertz CT molecular complexity index is 727. The Kier molecular flexibility index (Phi) is 5.71. The van der Waals surface area contributed by atoms with Gasteiger partial charge in [-0.2, -0.15) is 0 Å². The zero-order chi connectivity index (χ0) is 17.7. The largest absolute Gasteiger partial charge is 0.479 e. The molecular formula is C19H21NO4. The third-order valence-corrected chi connectivity index (χ3v) is 4.07. The first-order chi connectivity index (χ1) is 11.5. The van der Waals surface area contributed by atoms with Crippen LogP contribution in [0.5, 0.6) is 0 Å². The third-order valence-electron chi connectivity index (χ3n) is 4.07. The zero-order valence-electron chi connectivity index (χ0n) is 13.9. The highest BCUT2D eigenvalue weighted by Crippen LogP contribution is 2.23. The van der Waals surface area contributed by atoms with Crippen LogP contribution in [0.1, 0.15) is 34.4 Å². The van der Waals surface area contributed by atoms with Gasteiger partial charge in [-0.15, -0.1) is 0 Å². The van der Waals surface area contributed by atoms with Crippen LogP contribution in [0.25, 0.3) is 0 Å². The molecule has 2 aromatic carbocycles. The molecule has 0 radical (unpaired) electrons. The van der Waals surface area contributed by atoms with Crippen molar-refractivity contribution in [2.24, 2.45) is 0 Å². The normalized spacial score (nSPS) is 13.1. The summed E-state index contributed by atoms with van der Waals surface area (Å²) >= 11 is 0. The summed E-state index contributed by atoms with van der Waals surface area (Å²) in [6.07, 6.45) is -0.863. The van der Waals surface area contributed by atoms with Gasteiger partial charge in [0.25, 0.3) is 5.91 Å². The number of nitrogens with one attached hydrogen (secondary N) is 1. The lowest BCUT2D eigenvalue weighted by Crippen LogP contribution is -2.38. The van der Waals surface area contributed by atoms with Gasteiger partial charge in [0, 0.05) is 7.11 Å². The van der Waals surface area contributed by atoms with E-state index in [2.05, 4.69) is 5.32 Å². The van der Waals surface area contributed by atoms with E-state index in [0.29, 0.717) is 11.1 Å². The highest BCUT2D eigenvalue weighted by atomic mass is 16.5. The first-order valence-corrected chi connectivity index (χ1v) is 7.62. The van der Waals surface area contributed by atoms with Crippen LogP contribution in [-0.4, -0.2) is 24.1 Å². The Labute approximate surface area is 141 Å². The van der Waals surface area contributed by atoms with Crippen molar-refractivity contribution in [2.75, 3.05) is 7.11 Å². The Morgan fingerprint density at radius 2 is 1.71 bits per heavy atom. The Morgan fingerprint density at radius 3 is 2.29 bits per heavy atom. The SMILES string of the molecule is CO[C@@H](C(=O)NC(C(=O)O)c1cccc(C)c1C)c1ccccc1. The second-order valence-electron chi connectivity index (χ2n) is 5.60. The molecule has 126 valence electrons. The van der Waals surface area contributed by atoms with Gasteiger partial charge in [0.15, 0.2) is 12.1 Å². The van der Waals surface area contributed by atoms with E-state index in [4.69, 9.17) is 4.74 Å². The van der Waals surface area contributed by atoms with Crippen molar-refractivity contribution in [3.05, 3.63) is 70.8 Å². The fourth-order valence-corrected chi connectivity index (χ4v) is 2.60. The molecule has 0 aromatic heterocycles. The lowest BCUT2D eigenvalue weighted by Gasteiger charge is -2.21. The first kappa shape index (κ1) is 17.7. The molecule has 0 bridgehead atoms. The van der Waals surface area contributed by atoms with Crippen molar-refractivity contribution >= 4 is 11.9 Å². The molecule has 5 heteroatoms. The Balaban J connectivity index is 2.29. The van der Waals surface area contributed by atoms with Crippen molar-refractivity contribution in [1.82, 2.24) is 5.32 Å². The van der Waals surface area contributed by atoms with Gasteiger partial charge in [-0.3, -0.25) is 4.79 Å². The zero-order valence-corrected chi connectivity index (χ0v) is 13.9. The van der Waals surface area contributed by atoms with Gasteiger partial charge in [0.1, 0.15) is 0 Å². The minimum Gasteiger partial charge on any atom is -0.479 e. The van der Waals surface area contributed by atoms with Crippen LogP contribution >= 0.6 is 0 Å². The van der Waals surface area contributed by atoms with Crippen LogP contribution in [0.4, 0.5) is 0 Å². The van der Waals surface area contributed by atoms with Gasteiger partial charge in [0.05, 0.1) is 0 Å². The molecule has 1 amide bonds. The molecule has 5 nitrogen and oxygen atoms in total. The monoisotopic (exact) mass is 327 g/mol. The number of hydrogen-bond donors (Lipinski definition) is 2. The number of hydrogen-bond acceptors (Lipinski definition) is 3. The van der Waals surface area contributed by atoms with E-state index < -0.39 is 24.0 Å². The summed E-state index contributed by atoms with van der Waals surface area (Å²) in [5.74, 6) is -1.60. The number of benzene rings is 2. The van der Waals surface area contributed by atoms with E-state index in [1.165, 1.54) is 7.11 Å². The smallest absolute Gasteiger partial charge is 0.330 e. The molecule has 0 saturated carbocycles. The molecule has 2 N–H and O–H groups in total. The number of carboxylic acids is 1. The van der Waals surface area contributed by atoms with E-state index >= 15 is 0 Å². The maximum Gasteiger partial charge on any atom is 0.330 e. The van der Waals surface area contributed by atoms with E-state index in [9.17, 15) is 14.7 Å². The number of carbonyl (C=O) groups excluding carboxylic acids is 1.